The molecule has 1 fully saturated rings. The van der Waals surface area contributed by atoms with E-state index in [1.54, 1.807) is 0 Å². The third-order valence-corrected chi connectivity index (χ3v) is 11.9. The summed E-state index contributed by atoms with van der Waals surface area (Å²) in [5, 5.41) is 15.2. The number of aliphatic hydroxyl groups is 1. The van der Waals surface area contributed by atoms with Crippen molar-refractivity contribution in [2.75, 3.05) is 6.61 Å². The van der Waals surface area contributed by atoms with E-state index in [4.69, 9.17) is 28.0 Å². The first-order valence-electron chi connectivity index (χ1n) is 18.7. The van der Waals surface area contributed by atoms with Gasteiger partial charge in [0.1, 0.15) is 18.3 Å². The fourth-order valence-electron chi connectivity index (χ4n) is 7.35. The maximum absolute atomic E-state index is 13.6. The van der Waals surface area contributed by atoms with Crippen LogP contribution < -0.4 is 0 Å². The Morgan fingerprint density at radius 1 is 0.500 bits per heavy atom. The normalized spacial score (nSPS) is 21.0. The van der Waals surface area contributed by atoms with Gasteiger partial charge in [0.25, 0.3) is 0 Å². The molecule has 0 saturated carbocycles. The summed E-state index contributed by atoms with van der Waals surface area (Å²) in [5.41, 5.74) is 6.63. The van der Waals surface area contributed by atoms with E-state index < -0.39 is 23.2 Å². The van der Waals surface area contributed by atoms with Crippen LogP contribution in [0.2, 0.25) is 0 Å². The highest BCUT2D eigenvalue weighted by molar-refractivity contribution is 8.00. The number of benzene rings is 6. The minimum absolute atomic E-state index is 0.232. The Morgan fingerprint density at radius 2 is 1.02 bits per heavy atom. The van der Waals surface area contributed by atoms with Crippen LogP contribution in [0.4, 0.5) is 0 Å². The van der Waals surface area contributed by atoms with Crippen molar-refractivity contribution in [3.05, 3.63) is 191 Å². The zero-order valence-electron chi connectivity index (χ0n) is 31.2. The van der Waals surface area contributed by atoms with Crippen LogP contribution in [0.3, 0.4) is 0 Å². The molecule has 290 valence electrons. The third-order valence-electron chi connectivity index (χ3n) is 10.1. The molecule has 1 aliphatic rings. The Hall–Kier alpha value is -3.49. The summed E-state index contributed by atoms with van der Waals surface area (Å²) < 4.78 is 38.6. The second kappa shape index (κ2) is 20.3. The van der Waals surface area contributed by atoms with Crippen LogP contribution in [0.15, 0.2) is 152 Å². The number of ether oxygens (including phenoxy) is 4. The van der Waals surface area contributed by atoms with Gasteiger partial charge in [0.05, 0.1) is 51.5 Å². The van der Waals surface area contributed by atoms with Gasteiger partial charge in [0, 0.05) is 24.5 Å². The standard InChI is InChI=1S/C46H48O7P2S/c47-46(41-25-24-38-37(30-52-54)22-13-23-39(38)40(41)31-53-55)45(51-29-36-20-11-4-12-21-36)44(50-28-35-18-9-3-10-19-35)43(49-27-34-16-7-2-8-17-34)42(56-46)32-48-26-33-14-5-1-6-15-33/h1-25,42-45,47H,26-32,54-55H2/t42-,43-,44+,45-,46?/m1/s1. The Bertz CT molecular complexity index is 2100. The molecule has 6 aromatic carbocycles. The van der Waals surface area contributed by atoms with Gasteiger partial charge in [-0.2, -0.15) is 0 Å². The van der Waals surface area contributed by atoms with Crippen molar-refractivity contribution >= 4 is 41.5 Å². The van der Waals surface area contributed by atoms with Gasteiger partial charge >= 0.3 is 0 Å². The lowest BCUT2D eigenvalue weighted by molar-refractivity contribution is -0.199. The Kier molecular flexibility index (Phi) is 14.7. The van der Waals surface area contributed by atoms with E-state index in [1.807, 2.05) is 121 Å². The summed E-state index contributed by atoms with van der Waals surface area (Å²) >= 11 is 1.41. The molecule has 1 heterocycles. The summed E-state index contributed by atoms with van der Waals surface area (Å²) in [4.78, 5) is -1.64. The highest BCUT2D eigenvalue weighted by Crippen LogP contribution is 2.52. The lowest BCUT2D eigenvalue weighted by Crippen LogP contribution is -2.61. The van der Waals surface area contributed by atoms with Gasteiger partial charge in [-0.25, -0.2) is 0 Å². The van der Waals surface area contributed by atoms with E-state index in [-0.39, 0.29) is 31.7 Å². The van der Waals surface area contributed by atoms with Crippen LogP contribution in [0.5, 0.6) is 0 Å². The molecular formula is C46H48O7P2S. The molecule has 0 aromatic heterocycles. The molecule has 1 N–H and O–H groups in total. The molecule has 7 rings (SSSR count). The van der Waals surface area contributed by atoms with Gasteiger partial charge < -0.3 is 33.1 Å². The average Bonchev–Trinajstić information content (AvgIpc) is 3.24. The van der Waals surface area contributed by atoms with E-state index in [9.17, 15) is 5.11 Å². The lowest BCUT2D eigenvalue weighted by atomic mass is 9.88. The average molecular weight is 807 g/mol. The minimum atomic E-state index is -1.64. The Labute approximate surface area is 338 Å². The van der Waals surface area contributed by atoms with E-state index in [1.165, 1.54) is 11.8 Å². The van der Waals surface area contributed by atoms with Crippen molar-refractivity contribution in [3.63, 3.8) is 0 Å². The SMILES string of the molecule is OC1(c2ccc3c(COP)cccc3c2COP)S[C@H](COCc2ccccc2)[C@@H](OCc2ccccc2)[C@H](OCc2ccccc2)[C@H]1OCc1ccccc1. The first-order valence-corrected chi connectivity index (χ1v) is 20.6. The quantitative estimate of drug-likeness (QED) is 0.0862. The summed E-state index contributed by atoms with van der Waals surface area (Å²) in [6.45, 7) is 2.23. The van der Waals surface area contributed by atoms with E-state index in [0.717, 1.165) is 44.2 Å². The fourth-order valence-corrected chi connectivity index (χ4v) is 9.34. The summed E-state index contributed by atoms with van der Waals surface area (Å²) in [6, 6.07) is 50.5. The number of rotatable bonds is 18. The van der Waals surface area contributed by atoms with E-state index in [2.05, 4.69) is 49.3 Å². The number of hydrogen-bond donors (Lipinski definition) is 1. The molecule has 0 amide bonds. The van der Waals surface area contributed by atoms with Gasteiger partial charge in [-0.05, 0) is 44.2 Å². The molecule has 7 atom stereocenters. The molecule has 0 bridgehead atoms. The largest absolute Gasteiger partial charge is 0.376 e. The molecule has 10 heteroatoms. The number of fused-ring (bicyclic) bond motifs is 1. The molecule has 1 saturated heterocycles. The number of hydrogen-bond acceptors (Lipinski definition) is 8. The van der Waals surface area contributed by atoms with E-state index >= 15 is 0 Å². The van der Waals surface area contributed by atoms with Gasteiger partial charge in [0.2, 0.25) is 0 Å². The zero-order valence-corrected chi connectivity index (χ0v) is 34.3. The second-order valence-corrected chi connectivity index (χ2v) is 15.9. The number of thioether (sulfide) groups is 1. The predicted octanol–water partition coefficient (Wildman–Crippen LogP) is 9.69. The van der Waals surface area contributed by atoms with Crippen molar-refractivity contribution in [3.8, 4) is 0 Å². The van der Waals surface area contributed by atoms with Gasteiger partial charge in [-0.15, -0.1) is 11.8 Å². The van der Waals surface area contributed by atoms with Gasteiger partial charge in [-0.3, -0.25) is 0 Å². The van der Waals surface area contributed by atoms with Crippen LogP contribution in [0, 0.1) is 0 Å². The molecule has 3 unspecified atom stereocenters. The molecule has 0 radical (unpaired) electrons. The van der Waals surface area contributed by atoms with Crippen LogP contribution in [-0.4, -0.2) is 35.3 Å². The van der Waals surface area contributed by atoms with Crippen molar-refractivity contribution in [1.82, 2.24) is 0 Å². The van der Waals surface area contributed by atoms with Gasteiger partial charge in [0.15, 0.2) is 4.93 Å². The van der Waals surface area contributed by atoms with E-state index in [0.29, 0.717) is 25.4 Å². The highest BCUT2D eigenvalue weighted by atomic mass is 32.2. The van der Waals surface area contributed by atoms with Crippen LogP contribution in [0.1, 0.15) is 38.9 Å². The van der Waals surface area contributed by atoms with Crippen molar-refractivity contribution < 1.29 is 33.1 Å². The third kappa shape index (κ3) is 9.96. The summed E-state index contributed by atoms with van der Waals surface area (Å²) in [5.74, 6) is 0. The summed E-state index contributed by atoms with van der Waals surface area (Å²) in [6.07, 6.45) is -2.15. The lowest BCUT2D eigenvalue weighted by Gasteiger charge is -2.50. The first-order chi connectivity index (χ1) is 27.6. The fraction of sp³-hybridized carbons (Fsp3) is 0.261. The monoisotopic (exact) mass is 806 g/mol. The molecular weight excluding hydrogens is 759 g/mol. The predicted molar refractivity (Wildman–Crippen MR) is 229 cm³/mol. The molecule has 6 aromatic rings. The highest BCUT2D eigenvalue weighted by Gasteiger charge is 2.57. The van der Waals surface area contributed by atoms with Crippen LogP contribution in [-0.2, 0) is 72.6 Å². The summed E-state index contributed by atoms with van der Waals surface area (Å²) in [7, 11) is 4.71. The first kappa shape index (κ1) is 40.7. The Balaban J connectivity index is 1.35. The molecule has 56 heavy (non-hydrogen) atoms. The Morgan fingerprint density at radius 3 is 1.57 bits per heavy atom. The molecule has 0 spiro atoms. The van der Waals surface area contributed by atoms with Crippen molar-refractivity contribution in [2.45, 2.75) is 68.1 Å². The maximum Gasteiger partial charge on any atom is 0.165 e. The molecule has 1 aliphatic heterocycles. The minimum Gasteiger partial charge on any atom is -0.376 e. The van der Waals surface area contributed by atoms with Crippen molar-refractivity contribution in [2.24, 2.45) is 0 Å². The smallest absolute Gasteiger partial charge is 0.165 e. The van der Waals surface area contributed by atoms with Crippen LogP contribution in [0.25, 0.3) is 10.8 Å². The topological polar surface area (TPSA) is 75.6 Å². The maximum atomic E-state index is 13.6. The van der Waals surface area contributed by atoms with Crippen molar-refractivity contribution in [1.29, 1.82) is 0 Å². The van der Waals surface area contributed by atoms with Crippen LogP contribution >= 0.6 is 30.7 Å². The molecule has 7 nitrogen and oxygen atoms in total. The zero-order chi connectivity index (χ0) is 38.6. The second-order valence-electron chi connectivity index (χ2n) is 13.8. The van der Waals surface area contributed by atoms with Gasteiger partial charge in [-0.1, -0.05) is 152 Å². The molecule has 0 aliphatic carbocycles.